The minimum absolute atomic E-state index is 0.0663. The van der Waals surface area contributed by atoms with Crippen molar-refractivity contribution < 1.29 is 33.4 Å². The van der Waals surface area contributed by atoms with Crippen LogP contribution in [0.1, 0.15) is 65.0 Å². The Labute approximate surface area is 270 Å². The molecule has 2 atom stereocenters. The second-order valence-corrected chi connectivity index (χ2v) is 13.5. The lowest BCUT2D eigenvalue weighted by Crippen LogP contribution is -2.58. The zero-order chi connectivity index (χ0) is 33.6. The molecule has 0 aliphatic carbocycles. The average molecular weight is 641 g/mol. The standard InChI is InChI=1S/C33H48N6O7/c1-22(2)19-39(31(43)29-35-27-9-7-8-10-28(27)38(29)12-11-26(41)18-34-23(3)40)25-17-24(30(42)36-13-15-45-16-14-36)20-37(21-25)32(44)46-33(4,5)6/h7-10,22,24-25H,11-21H2,1-6H3,(H,34,40)/t24-,25+/m1/s1. The van der Waals surface area contributed by atoms with Crippen LogP contribution in [0.2, 0.25) is 0 Å². The highest BCUT2D eigenvalue weighted by Crippen LogP contribution is 2.28. The lowest BCUT2D eigenvalue weighted by molar-refractivity contribution is -0.142. The van der Waals surface area contributed by atoms with Gasteiger partial charge in [-0.25, -0.2) is 9.78 Å². The minimum atomic E-state index is -0.733. The number of para-hydroxylation sites is 2. The summed E-state index contributed by atoms with van der Waals surface area (Å²) in [6.07, 6.45) is -0.0562. The first kappa shape index (κ1) is 34.9. The zero-order valence-corrected chi connectivity index (χ0v) is 27.9. The van der Waals surface area contributed by atoms with E-state index in [1.165, 1.54) is 6.92 Å². The SMILES string of the molecule is CC(=O)NCC(=O)CCn1c(C(=O)N(CC(C)C)[C@H]2C[C@@H](C(=O)N3CCOCC3)CN(C(=O)OC(C)(C)C)C2)nc2ccccc21. The molecule has 0 unspecified atom stereocenters. The Bertz CT molecular complexity index is 1430. The van der Waals surface area contributed by atoms with Crippen molar-refractivity contribution in [2.45, 2.75) is 72.6 Å². The van der Waals surface area contributed by atoms with Crippen LogP contribution in [0.3, 0.4) is 0 Å². The van der Waals surface area contributed by atoms with E-state index in [1.807, 2.05) is 38.1 Å². The van der Waals surface area contributed by atoms with E-state index in [9.17, 15) is 24.0 Å². The van der Waals surface area contributed by atoms with Gasteiger partial charge >= 0.3 is 6.09 Å². The molecule has 2 aliphatic rings. The lowest BCUT2D eigenvalue weighted by atomic mass is 9.91. The highest BCUT2D eigenvalue weighted by atomic mass is 16.6. The first-order chi connectivity index (χ1) is 21.7. The number of nitrogens with one attached hydrogen (secondary N) is 1. The number of likely N-dealkylation sites (tertiary alicyclic amines) is 1. The highest BCUT2D eigenvalue weighted by molar-refractivity contribution is 5.95. The fourth-order valence-electron chi connectivity index (χ4n) is 5.93. The molecule has 4 rings (SSSR count). The molecule has 3 heterocycles. The number of aryl methyl sites for hydroxylation is 1. The molecule has 13 nitrogen and oxygen atoms in total. The molecule has 1 aromatic heterocycles. The van der Waals surface area contributed by atoms with Crippen LogP contribution in [-0.2, 0) is 30.4 Å². The summed E-state index contributed by atoms with van der Waals surface area (Å²) in [7, 11) is 0. The number of piperidine rings is 1. The molecule has 252 valence electrons. The second kappa shape index (κ2) is 15.1. The van der Waals surface area contributed by atoms with Crippen LogP contribution in [0.25, 0.3) is 11.0 Å². The van der Waals surface area contributed by atoms with Crippen molar-refractivity contribution in [1.29, 1.82) is 0 Å². The predicted molar refractivity (Wildman–Crippen MR) is 171 cm³/mol. The van der Waals surface area contributed by atoms with Crippen molar-refractivity contribution in [1.82, 2.24) is 29.6 Å². The van der Waals surface area contributed by atoms with Crippen molar-refractivity contribution in [3.63, 3.8) is 0 Å². The number of carbonyl (C=O) groups is 5. The maximum absolute atomic E-state index is 14.6. The Morgan fingerprint density at radius 3 is 2.41 bits per heavy atom. The molecule has 46 heavy (non-hydrogen) atoms. The Morgan fingerprint density at radius 1 is 1.07 bits per heavy atom. The monoisotopic (exact) mass is 640 g/mol. The molecule has 0 radical (unpaired) electrons. The second-order valence-electron chi connectivity index (χ2n) is 13.5. The molecule has 2 aromatic rings. The van der Waals surface area contributed by atoms with Crippen LogP contribution in [0.5, 0.6) is 0 Å². The molecule has 2 saturated heterocycles. The Balaban J connectivity index is 1.67. The van der Waals surface area contributed by atoms with E-state index < -0.39 is 23.7 Å². The molecule has 1 aromatic carbocycles. The van der Waals surface area contributed by atoms with Crippen molar-refractivity contribution in [2.75, 3.05) is 52.5 Å². The fourth-order valence-corrected chi connectivity index (χ4v) is 5.93. The van der Waals surface area contributed by atoms with Gasteiger partial charge in [-0.05, 0) is 45.2 Å². The van der Waals surface area contributed by atoms with Crippen LogP contribution in [0.4, 0.5) is 4.79 Å². The number of carbonyl (C=O) groups excluding carboxylic acids is 5. The minimum Gasteiger partial charge on any atom is -0.444 e. The molecule has 13 heteroatoms. The number of ketones is 1. The average Bonchev–Trinajstić information content (AvgIpc) is 3.38. The molecule has 2 fully saturated rings. The van der Waals surface area contributed by atoms with Gasteiger partial charge in [0.2, 0.25) is 11.8 Å². The third-order valence-electron chi connectivity index (χ3n) is 8.01. The van der Waals surface area contributed by atoms with Gasteiger partial charge in [0.05, 0.1) is 42.8 Å². The number of hydrogen-bond acceptors (Lipinski definition) is 8. The molecular weight excluding hydrogens is 592 g/mol. The summed E-state index contributed by atoms with van der Waals surface area (Å²) in [4.78, 5) is 75.4. The Kier molecular flexibility index (Phi) is 11.4. The van der Waals surface area contributed by atoms with Crippen LogP contribution in [0, 0.1) is 11.8 Å². The van der Waals surface area contributed by atoms with Crippen molar-refractivity contribution >= 4 is 40.6 Å². The smallest absolute Gasteiger partial charge is 0.410 e. The van der Waals surface area contributed by atoms with E-state index in [1.54, 1.807) is 40.0 Å². The van der Waals surface area contributed by atoms with Gasteiger partial charge in [0.1, 0.15) is 5.60 Å². The van der Waals surface area contributed by atoms with Crippen LogP contribution in [0.15, 0.2) is 24.3 Å². The molecule has 1 N–H and O–H groups in total. The third-order valence-corrected chi connectivity index (χ3v) is 8.01. The number of ether oxygens (including phenoxy) is 2. The number of fused-ring (bicyclic) bond motifs is 1. The summed E-state index contributed by atoms with van der Waals surface area (Å²) < 4.78 is 12.9. The number of hydrogen-bond donors (Lipinski definition) is 1. The third kappa shape index (κ3) is 9.05. The van der Waals surface area contributed by atoms with Gasteiger partial charge in [0, 0.05) is 52.6 Å². The molecular formula is C33H48N6O7. The highest BCUT2D eigenvalue weighted by Gasteiger charge is 2.42. The number of Topliss-reactive ketones (excluding diaryl/α,β-unsaturated/α-hetero) is 1. The number of benzene rings is 1. The summed E-state index contributed by atoms with van der Waals surface area (Å²) >= 11 is 0. The van der Waals surface area contributed by atoms with E-state index in [0.29, 0.717) is 50.3 Å². The summed E-state index contributed by atoms with van der Waals surface area (Å²) in [5, 5.41) is 2.53. The number of amides is 4. The molecule has 0 spiro atoms. The van der Waals surface area contributed by atoms with Crippen LogP contribution in [-0.4, -0.2) is 118 Å². The Morgan fingerprint density at radius 2 is 1.76 bits per heavy atom. The summed E-state index contributed by atoms with van der Waals surface area (Å²) in [5.74, 6) is -1.14. The number of morpholine rings is 1. The first-order valence-corrected chi connectivity index (χ1v) is 16.1. The van der Waals surface area contributed by atoms with Gasteiger partial charge < -0.3 is 34.1 Å². The van der Waals surface area contributed by atoms with E-state index in [-0.39, 0.29) is 67.8 Å². The molecule has 0 bridgehead atoms. The van der Waals surface area contributed by atoms with E-state index in [4.69, 9.17) is 14.5 Å². The largest absolute Gasteiger partial charge is 0.444 e. The van der Waals surface area contributed by atoms with Crippen molar-refractivity contribution in [2.24, 2.45) is 11.8 Å². The van der Waals surface area contributed by atoms with Gasteiger partial charge in [-0.2, -0.15) is 0 Å². The number of aromatic nitrogens is 2. The van der Waals surface area contributed by atoms with Gasteiger partial charge in [0.15, 0.2) is 11.6 Å². The lowest BCUT2D eigenvalue weighted by Gasteiger charge is -2.44. The van der Waals surface area contributed by atoms with Crippen LogP contribution < -0.4 is 5.32 Å². The van der Waals surface area contributed by atoms with Crippen molar-refractivity contribution in [3.8, 4) is 0 Å². The maximum Gasteiger partial charge on any atom is 0.410 e. The van der Waals surface area contributed by atoms with Gasteiger partial charge in [-0.1, -0.05) is 26.0 Å². The topological polar surface area (TPSA) is 143 Å². The van der Waals surface area contributed by atoms with E-state index >= 15 is 0 Å². The fraction of sp³-hybridized carbons (Fsp3) is 0.636. The Hall–Kier alpha value is -4.00. The number of imidazole rings is 1. The van der Waals surface area contributed by atoms with E-state index in [2.05, 4.69) is 5.32 Å². The molecule has 0 saturated carbocycles. The van der Waals surface area contributed by atoms with Gasteiger partial charge in [-0.15, -0.1) is 0 Å². The van der Waals surface area contributed by atoms with Crippen LogP contribution >= 0.6 is 0 Å². The number of rotatable bonds is 10. The predicted octanol–water partition coefficient (Wildman–Crippen LogP) is 2.71. The molecule has 2 aliphatic heterocycles. The number of nitrogens with zero attached hydrogens (tertiary/aromatic N) is 5. The van der Waals surface area contributed by atoms with E-state index in [0.717, 1.165) is 0 Å². The normalized spacial score (nSPS) is 18.8. The summed E-state index contributed by atoms with van der Waals surface area (Å²) in [6, 6.07) is 6.87. The maximum atomic E-state index is 14.6. The quantitative estimate of drug-likeness (QED) is 0.418. The zero-order valence-electron chi connectivity index (χ0n) is 27.9. The summed E-state index contributed by atoms with van der Waals surface area (Å²) in [6.45, 7) is 13.5. The first-order valence-electron chi connectivity index (χ1n) is 16.1. The van der Waals surface area contributed by atoms with Gasteiger partial charge in [-0.3, -0.25) is 19.2 Å². The van der Waals surface area contributed by atoms with Crippen molar-refractivity contribution in [3.05, 3.63) is 30.1 Å². The van der Waals surface area contributed by atoms with Gasteiger partial charge in [0.25, 0.3) is 5.91 Å². The summed E-state index contributed by atoms with van der Waals surface area (Å²) in [5.41, 5.74) is 0.592. The molecule has 4 amide bonds.